The molecule has 2 nitrogen and oxygen atoms in total. The van der Waals surface area contributed by atoms with E-state index < -0.39 is 46.7 Å². The van der Waals surface area contributed by atoms with E-state index in [1.165, 1.54) is 348 Å². The van der Waals surface area contributed by atoms with Crippen molar-refractivity contribution in [1.82, 2.24) is 9.97 Å². The lowest BCUT2D eigenvalue weighted by molar-refractivity contribution is 0.517. The van der Waals surface area contributed by atoms with Crippen LogP contribution in [0.5, 0.6) is 0 Å². The normalized spacial score (nSPS) is 12.5. The molecule has 648 valence electrons. The summed E-state index contributed by atoms with van der Waals surface area (Å²) in [5.74, 6) is -6.37. The largest absolute Gasteiger partial charge is 0.240 e. The molecule has 0 aliphatic carbocycles. The molecule has 7 aromatic heterocycles. The highest BCUT2D eigenvalue weighted by Gasteiger charge is 2.30. The quantitative estimate of drug-likeness (QED) is 0.0280. The number of nitrogens with zero attached hydrogens (tertiary/aromatic N) is 2. The monoisotopic (exact) mass is 1740 g/mol. The molecule has 0 fully saturated rings. The van der Waals surface area contributed by atoms with Crippen molar-refractivity contribution in [2.75, 3.05) is 0 Å². The van der Waals surface area contributed by atoms with Crippen molar-refractivity contribution in [3.8, 4) is 49.0 Å². The third-order valence-corrected chi connectivity index (χ3v) is 33.6. The van der Waals surface area contributed by atoms with Crippen LogP contribution in [0.1, 0.15) is 443 Å². The minimum atomic E-state index is -0.904. The van der Waals surface area contributed by atoms with Crippen LogP contribution in [0.25, 0.3) is 58.4 Å². The highest BCUT2D eigenvalue weighted by molar-refractivity contribution is 7.34. The van der Waals surface area contributed by atoms with Gasteiger partial charge in [-0.15, -0.1) is 79.4 Å². The third-order valence-electron chi connectivity index (χ3n) is 24.4. The van der Waals surface area contributed by atoms with Gasteiger partial charge in [0, 0.05) is 85.9 Å². The summed E-state index contributed by atoms with van der Waals surface area (Å²) in [6.07, 6.45) is 70.1. The fraction of sp³-hybridized carbons (Fsp3) is 0.647. The topological polar surface area (TPSA) is 25.8 Å². The number of rotatable bonds is 66. The van der Waals surface area contributed by atoms with E-state index >= 15 is 17.6 Å². The number of thiazole rings is 2. The van der Waals surface area contributed by atoms with Crippen LogP contribution >= 0.6 is 79.4 Å². The molecule has 0 aliphatic heterocycles. The van der Waals surface area contributed by atoms with E-state index in [1.807, 2.05) is 70.5 Å². The predicted octanol–water partition coefficient (Wildman–Crippen LogP) is 38.6. The first-order chi connectivity index (χ1) is 57.2. The Labute approximate surface area is 733 Å². The van der Waals surface area contributed by atoms with E-state index in [-0.39, 0.29) is 11.1 Å². The van der Waals surface area contributed by atoms with Crippen molar-refractivity contribution in [2.45, 2.75) is 426 Å². The summed E-state index contributed by atoms with van der Waals surface area (Å²) >= 11 is 12.6. The van der Waals surface area contributed by atoms with Crippen LogP contribution in [0, 0.1) is 34.9 Å². The zero-order valence-corrected chi connectivity index (χ0v) is 78.9. The van der Waals surface area contributed by atoms with Crippen LogP contribution in [0.15, 0.2) is 54.6 Å². The second-order valence-corrected chi connectivity index (χ2v) is 41.8. The van der Waals surface area contributed by atoms with Crippen LogP contribution in [-0.2, 0) is 32.1 Å². The van der Waals surface area contributed by atoms with Crippen molar-refractivity contribution in [1.29, 1.82) is 0 Å². The smallest absolute Gasteiger partial charge is 0.134 e. The SMILES string of the molecule is CCCCCCCCCCCCCCc1cc(C(C)c2c(F)cc(F)cc2F)sc1-c1cc2sc(-c3cc(CCCCCCCCCCCC)c(-c4nc(CCCCCCCCCCCC)c(-c5sc(-c6sc(C(C)c7c(F)cc(F)cc7F)cc6CCCCCCCCCCCC)nc5CCCCCCCCCCCC)s4)s3)cc2s1. The molecule has 15 heteroatoms. The van der Waals surface area contributed by atoms with Crippen LogP contribution in [-0.4, -0.2) is 9.97 Å². The van der Waals surface area contributed by atoms with Gasteiger partial charge in [-0.2, -0.15) is 0 Å². The van der Waals surface area contributed by atoms with Crippen LogP contribution in [0.2, 0.25) is 0 Å². The summed E-state index contributed by atoms with van der Waals surface area (Å²) in [6.45, 7) is 15.2. The Morgan fingerprint density at radius 1 is 0.239 bits per heavy atom. The number of hydrogen-bond donors (Lipinski definition) is 0. The Balaban J connectivity index is 1.07. The van der Waals surface area contributed by atoms with Crippen molar-refractivity contribution in [2.24, 2.45) is 0 Å². The Bertz CT molecular complexity index is 4140. The summed E-state index contributed by atoms with van der Waals surface area (Å²) in [5.41, 5.74) is 5.97. The maximum Gasteiger partial charge on any atom is 0.134 e. The molecule has 0 saturated carbocycles. The maximum absolute atomic E-state index is 15.9. The van der Waals surface area contributed by atoms with Crippen molar-refractivity contribution in [3.63, 3.8) is 0 Å². The molecule has 0 N–H and O–H groups in total. The first-order valence-electron chi connectivity index (χ1n) is 47.4. The van der Waals surface area contributed by atoms with Gasteiger partial charge >= 0.3 is 0 Å². The van der Waals surface area contributed by atoms with Gasteiger partial charge in [-0.05, 0) is 111 Å². The maximum atomic E-state index is 15.9. The predicted molar refractivity (Wildman–Crippen MR) is 506 cm³/mol. The van der Waals surface area contributed by atoms with Crippen molar-refractivity contribution < 1.29 is 26.3 Å². The zero-order valence-electron chi connectivity index (χ0n) is 73.2. The van der Waals surface area contributed by atoms with Gasteiger partial charge in [-0.3, -0.25) is 0 Å². The van der Waals surface area contributed by atoms with Gasteiger partial charge in [0.1, 0.15) is 44.9 Å². The van der Waals surface area contributed by atoms with E-state index in [0.29, 0.717) is 0 Å². The fourth-order valence-electron chi connectivity index (χ4n) is 17.2. The van der Waals surface area contributed by atoms with Gasteiger partial charge in [0.15, 0.2) is 0 Å². The minimum absolute atomic E-state index is 0.0784. The molecule has 7 heterocycles. The van der Waals surface area contributed by atoms with Gasteiger partial charge in [-0.25, -0.2) is 36.3 Å². The average Bonchev–Trinajstić information content (AvgIpc) is 1.61. The number of benzene rings is 2. The lowest BCUT2D eigenvalue weighted by Gasteiger charge is -2.12. The summed E-state index contributed by atoms with van der Waals surface area (Å²) in [4.78, 5) is 23.3. The second kappa shape index (κ2) is 55.3. The minimum Gasteiger partial charge on any atom is -0.240 e. The molecular weight excluding hydrogens is 1590 g/mol. The highest BCUT2D eigenvalue weighted by Crippen LogP contribution is 2.53. The van der Waals surface area contributed by atoms with Crippen molar-refractivity contribution in [3.05, 3.63) is 138 Å². The number of thiophene rings is 5. The van der Waals surface area contributed by atoms with E-state index in [4.69, 9.17) is 9.97 Å². The number of unbranched alkanes of at least 4 members (excludes halogenated alkanes) is 47. The first-order valence-corrected chi connectivity index (χ1v) is 53.2. The molecule has 2 aromatic carbocycles. The Morgan fingerprint density at radius 3 is 0.812 bits per heavy atom. The number of fused-ring (bicyclic) bond motifs is 1. The number of aromatic nitrogens is 2. The van der Waals surface area contributed by atoms with E-state index in [0.717, 1.165) is 138 Å². The fourth-order valence-corrected chi connectivity index (χ4v) is 26.2. The van der Waals surface area contributed by atoms with Crippen LogP contribution < -0.4 is 0 Å². The molecule has 9 rings (SSSR count). The van der Waals surface area contributed by atoms with Crippen LogP contribution in [0.4, 0.5) is 26.3 Å². The summed E-state index contributed by atoms with van der Waals surface area (Å²) < 4.78 is 94.2. The summed E-state index contributed by atoms with van der Waals surface area (Å²) in [7, 11) is 0. The molecule has 0 amide bonds. The second-order valence-electron chi connectivity index (χ2n) is 34.4. The molecule has 2 unspecified atom stereocenters. The molecule has 117 heavy (non-hydrogen) atoms. The summed E-state index contributed by atoms with van der Waals surface area (Å²) in [6, 6.07) is 15.0. The number of halogens is 6. The van der Waals surface area contributed by atoms with Gasteiger partial charge < -0.3 is 0 Å². The standard InChI is InChI=1S/C102H146F6N2S7/c1-8-13-18-23-28-33-38-39-42-45-50-55-60-76-65-87(74(6)94-81(105)68-79(103)69-82(94)106)113-96(76)93-73-92-91(112-93)72-90(111-92)89-67-78(62-57-52-47-41-35-30-25-20-15-10-3)98(115-89)102-110-86(64-59-54-49-44-37-32-27-22-17-12-5)100(117-102)99-85(63-58-53-48-43-36-31-26-21-16-11-4)109-101(116-99)97-77(61-56-51-46-40-34-29-24-19-14-9-2)66-88(114-97)75(7)95-83(107)70-80(104)71-84(95)108/h65-75H,8-64H2,1-7H3. The Morgan fingerprint density at radius 2 is 0.487 bits per heavy atom. The first kappa shape index (κ1) is 96.9. The Kier molecular flexibility index (Phi) is 45.8. The summed E-state index contributed by atoms with van der Waals surface area (Å²) in [5, 5.41) is 2.09. The molecule has 0 radical (unpaired) electrons. The van der Waals surface area contributed by atoms with Gasteiger partial charge in [0.25, 0.3) is 0 Å². The average molecular weight is 1740 g/mol. The molecule has 0 bridgehead atoms. The van der Waals surface area contributed by atoms with E-state index in [2.05, 4.69) is 65.0 Å². The number of hydrogen-bond acceptors (Lipinski definition) is 9. The van der Waals surface area contributed by atoms with E-state index in [9.17, 15) is 8.78 Å². The molecule has 2 atom stereocenters. The van der Waals surface area contributed by atoms with Crippen molar-refractivity contribution >= 4 is 88.8 Å². The zero-order chi connectivity index (χ0) is 82.8. The molecule has 0 spiro atoms. The van der Waals surface area contributed by atoms with Crippen LogP contribution in [0.3, 0.4) is 0 Å². The molecular formula is C102H146F6N2S7. The molecule has 0 aliphatic rings. The van der Waals surface area contributed by atoms with E-state index in [1.54, 1.807) is 22.7 Å². The Hall–Kier alpha value is -3.96. The third kappa shape index (κ3) is 32.0. The lowest BCUT2D eigenvalue weighted by atomic mass is 9.96. The lowest BCUT2D eigenvalue weighted by Crippen LogP contribution is -2.02. The van der Waals surface area contributed by atoms with Gasteiger partial charge in [-0.1, -0.05) is 350 Å². The highest BCUT2D eigenvalue weighted by atomic mass is 32.1. The molecule has 9 aromatic rings. The number of aryl methyl sites for hydroxylation is 5. The van der Waals surface area contributed by atoms with Gasteiger partial charge in [0.05, 0.1) is 30.9 Å². The van der Waals surface area contributed by atoms with Gasteiger partial charge in [0.2, 0.25) is 0 Å². The molecule has 0 saturated heterocycles.